The van der Waals surface area contributed by atoms with Gasteiger partial charge in [-0.1, -0.05) is 30.3 Å². The fourth-order valence-corrected chi connectivity index (χ4v) is 1.54. The Kier molecular flexibility index (Phi) is 3.14. The number of hydrogen-bond acceptors (Lipinski definition) is 3. The first-order valence-corrected chi connectivity index (χ1v) is 5.34. The third-order valence-electron chi connectivity index (χ3n) is 2.21. The zero-order valence-corrected chi connectivity index (χ0v) is 9.77. The molecule has 0 unspecified atom stereocenters. The van der Waals surface area contributed by atoms with Gasteiger partial charge in [0.1, 0.15) is 0 Å². The Bertz CT molecular complexity index is 538. The highest BCUT2D eigenvalue weighted by Gasteiger charge is 2.05. The lowest BCUT2D eigenvalue weighted by molar-refractivity contribution is -0.114. The predicted molar refractivity (Wildman–Crippen MR) is 66.5 cm³/mol. The Labute approximate surface area is 99.7 Å². The van der Waals surface area contributed by atoms with Crippen molar-refractivity contribution in [3.05, 3.63) is 42.1 Å². The molecule has 0 spiro atoms. The molecule has 1 aromatic carbocycles. The maximum absolute atomic E-state index is 11.0. The standard InChI is InChI=1S/C13H13N3O/c1-9-8-12(11-6-4-3-5-7-11)16-13(14-9)15-10(2)17/h3-8H,1-2H3,(H,14,15,16,17). The van der Waals surface area contributed by atoms with E-state index in [0.717, 1.165) is 17.0 Å². The average molecular weight is 227 g/mol. The van der Waals surface area contributed by atoms with Crippen LogP contribution in [0.4, 0.5) is 5.95 Å². The zero-order valence-electron chi connectivity index (χ0n) is 9.77. The molecule has 0 saturated heterocycles. The SMILES string of the molecule is CC(=O)Nc1nc(C)cc(-c2ccccc2)n1. The fourth-order valence-electron chi connectivity index (χ4n) is 1.54. The van der Waals surface area contributed by atoms with Crippen molar-refractivity contribution in [1.29, 1.82) is 0 Å². The molecular weight excluding hydrogens is 214 g/mol. The van der Waals surface area contributed by atoms with Crippen LogP contribution < -0.4 is 5.32 Å². The fraction of sp³-hybridized carbons (Fsp3) is 0.154. The third-order valence-corrected chi connectivity index (χ3v) is 2.21. The molecule has 0 bridgehead atoms. The van der Waals surface area contributed by atoms with Crippen molar-refractivity contribution in [3.8, 4) is 11.3 Å². The zero-order chi connectivity index (χ0) is 12.3. The predicted octanol–water partition coefficient (Wildman–Crippen LogP) is 2.41. The Balaban J connectivity index is 2.42. The van der Waals surface area contributed by atoms with Crippen LogP contribution in [0, 0.1) is 6.92 Å². The van der Waals surface area contributed by atoms with Crippen LogP contribution in [0.2, 0.25) is 0 Å². The molecule has 0 radical (unpaired) electrons. The Hall–Kier alpha value is -2.23. The number of anilines is 1. The minimum absolute atomic E-state index is 0.172. The summed E-state index contributed by atoms with van der Waals surface area (Å²) in [6, 6.07) is 11.7. The maximum Gasteiger partial charge on any atom is 0.230 e. The Morgan fingerprint density at radius 1 is 1.18 bits per heavy atom. The first-order chi connectivity index (χ1) is 8.15. The molecule has 4 nitrogen and oxygen atoms in total. The summed E-state index contributed by atoms with van der Waals surface area (Å²) < 4.78 is 0. The summed E-state index contributed by atoms with van der Waals surface area (Å²) in [4.78, 5) is 19.4. The van der Waals surface area contributed by atoms with Gasteiger partial charge in [-0.2, -0.15) is 0 Å². The van der Waals surface area contributed by atoms with E-state index in [-0.39, 0.29) is 5.91 Å². The number of nitrogens with zero attached hydrogens (tertiary/aromatic N) is 2. The first kappa shape index (κ1) is 11.3. The maximum atomic E-state index is 11.0. The van der Waals surface area contributed by atoms with Crippen molar-refractivity contribution < 1.29 is 4.79 Å². The molecule has 1 heterocycles. The van der Waals surface area contributed by atoms with Crippen LogP contribution in [-0.4, -0.2) is 15.9 Å². The minimum Gasteiger partial charge on any atom is -0.295 e. The summed E-state index contributed by atoms with van der Waals surface area (Å²) in [7, 11) is 0. The van der Waals surface area contributed by atoms with Gasteiger partial charge in [-0.25, -0.2) is 9.97 Å². The lowest BCUT2D eigenvalue weighted by Crippen LogP contribution is -2.10. The van der Waals surface area contributed by atoms with E-state index in [4.69, 9.17) is 0 Å². The second kappa shape index (κ2) is 4.74. The largest absolute Gasteiger partial charge is 0.295 e. The molecule has 1 N–H and O–H groups in total. The Morgan fingerprint density at radius 2 is 1.88 bits per heavy atom. The number of rotatable bonds is 2. The summed E-state index contributed by atoms with van der Waals surface area (Å²) in [6.45, 7) is 3.31. The second-order valence-corrected chi connectivity index (χ2v) is 3.77. The van der Waals surface area contributed by atoms with Crippen LogP contribution in [0.5, 0.6) is 0 Å². The van der Waals surface area contributed by atoms with Gasteiger partial charge in [0, 0.05) is 18.2 Å². The smallest absolute Gasteiger partial charge is 0.230 e. The molecule has 86 valence electrons. The van der Waals surface area contributed by atoms with Gasteiger partial charge < -0.3 is 0 Å². The molecule has 0 saturated carbocycles. The van der Waals surface area contributed by atoms with Crippen LogP contribution in [0.25, 0.3) is 11.3 Å². The summed E-state index contributed by atoms with van der Waals surface area (Å²) in [5.74, 6) is 0.172. The van der Waals surface area contributed by atoms with Gasteiger partial charge in [0.25, 0.3) is 0 Å². The van der Waals surface area contributed by atoms with Crippen LogP contribution in [0.1, 0.15) is 12.6 Å². The molecule has 1 aromatic heterocycles. The summed E-state index contributed by atoms with van der Waals surface area (Å²) >= 11 is 0. The summed E-state index contributed by atoms with van der Waals surface area (Å²) in [6.07, 6.45) is 0. The van der Waals surface area contributed by atoms with E-state index in [1.807, 2.05) is 43.3 Å². The van der Waals surface area contributed by atoms with Crippen molar-refractivity contribution in [3.63, 3.8) is 0 Å². The Morgan fingerprint density at radius 3 is 2.53 bits per heavy atom. The topological polar surface area (TPSA) is 54.9 Å². The van der Waals surface area contributed by atoms with Crippen molar-refractivity contribution in [2.24, 2.45) is 0 Å². The van der Waals surface area contributed by atoms with Crippen molar-refractivity contribution in [1.82, 2.24) is 9.97 Å². The molecule has 1 amide bonds. The van der Waals surface area contributed by atoms with Crippen molar-refractivity contribution >= 4 is 11.9 Å². The molecular formula is C13H13N3O. The van der Waals surface area contributed by atoms with E-state index >= 15 is 0 Å². The number of hydrogen-bond donors (Lipinski definition) is 1. The van der Waals surface area contributed by atoms with Gasteiger partial charge in [-0.3, -0.25) is 10.1 Å². The molecule has 4 heteroatoms. The van der Waals surface area contributed by atoms with E-state index < -0.39 is 0 Å². The van der Waals surface area contributed by atoms with Gasteiger partial charge in [-0.15, -0.1) is 0 Å². The third kappa shape index (κ3) is 2.87. The van der Waals surface area contributed by atoms with Crippen LogP contribution >= 0.6 is 0 Å². The highest BCUT2D eigenvalue weighted by Crippen LogP contribution is 2.18. The molecule has 0 aliphatic rings. The van der Waals surface area contributed by atoms with Crippen molar-refractivity contribution in [2.75, 3.05) is 5.32 Å². The average Bonchev–Trinajstić information content (AvgIpc) is 2.28. The lowest BCUT2D eigenvalue weighted by atomic mass is 10.1. The molecule has 0 aliphatic carbocycles. The lowest BCUT2D eigenvalue weighted by Gasteiger charge is -2.05. The van der Waals surface area contributed by atoms with Crippen LogP contribution in [0.15, 0.2) is 36.4 Å². The highest BCUT2D eigenvalue weighted by atomic mass is 16.1. The number of aromatic nitrogens is 2. The molecule has 2 aromatic rings. The minimum atomic E-state index is -0.172. The normalized spacial score (nSPS) is 10.0. The number of aryl methyl sites for hydroxylation is 1. The van der Waals surface area contributed by atoms with Gasteiger partial charge in [0.2, 0.25) is 11.9 Å². The number of carbonyl (C=O) groups excluding carboxylic acids is 1. The molecule has 17 heavy (non-hydrogen) atoms. The van der Waals surface area contributed by atoms with Gasteiger partial charge in [-0.05, 0) is 13.0 Å². The number of amides is 1. The number of benzene rings is 1. The molecule has 0 atom stereocenters. The molecule has 2 rings (SSSR count). The molecule has 0 aliphatic heterocycles. The van der Waals surface area contributed by atoms with Gasteiger partial charge in [0.05, 0.1) is 5.69 Å². The van der Waals surface area contributed by atoms with E-state index in [2.05, 4.69) is 15.3 Å². The monoisotopic (exact) mass is 227 g/mol. The van der Waals surface area contributed by atoms with Gasteiger partial charge >= 0.3 is 0 Å². The van der Waals surface area contributed by atoms with E-state index in [1.54, 1.807) is 0 Å². The first-order valence-electron chi connectivity index (χ1n) is 5.34. The second-order valence-electron chi connectivity index (χ2n) is 3.77. The number of nitrogens with one attached hydrogen (secondary N) is 1. The molecule has 0 fully saturated rings. The summed E-state index contributed by atoms with van der Waals surface area (Å²) in [5, 5.41) is 2.59. The van der Waals surface area contributed by atoms with E-state index in [1.165, 1.54) is 6.92 Å². The van der Waals surface area contributed by atoms with Crippen LogP contribution in [-0.2, 0) is 4.79 Å². The van der Waals surface area contributed by atoms with Crippen LogP contribution in [0.3, 0.4) is 0 Å². The quantitative estimate of drug-likeness (QED) is 0.857. The van der Waals surface area contributed by atoms with Crippen molar-refractivity contribution in [2.45, 2.75) is 13.8 Å². The number of carbonyl (C=O) groups is 1. The van der Waals surface area contributed by atoms with E-state index in [0.29, 0.717) is 5.95 Å². The summed E-state index contributed by atoms with van der Waals surface area (Å²) in [5.41, 5.74) is 2.63. The highest BCUT2D eigenvalue weighted by molar-refractivity contribution is 5.86. The van der Waals surface area contributed by atoms with Gasteiger partial charge in [0.15, 0.2) is 0 Å². The van der Waals surface area contributed by atoms with E-state index in [9.17, 15) is 4.79 Å².